The molecule has 0 bridgehead atoms. The van der Waals surface area contributed by atoms with Gasteiger partial charge in [0, 0.05) is 24.8 Å². The first-order valence-corrected chi connectivity index (χ1v) is 9.72. The SMILES string of the molecule is CN(C(=O)Cc1ccc(N)cc1C(F)(F)F)C1CCCCC1N1CCCC1.Cl. The highest BCUT2D eigenvalue weighted by Crippen LogP contribution is 2.34. The molecule has 2 atom stereocenters. The quantitative estimate of drug-likeness (QED) is 0.747. The maximum Gasteiger partial charge on any atom is 0.416 e. The molecule has 2 unspecified atom stereocenters. The number of nitrogen functional groups attached to an aromatic ring is 1. The van der Waals surface area contributed by atoms with E-state index in [-0.39, 0.29) is 42.0 Å². The number of nitrogens with two attached hydrogens (primary N) is 1. The maximum absolute atomic E-state index is 13.3. The van der Waals surface area contributed by atoms with Gasteiger partial charge < -0.3 is 10.6 Å². The van der Waals surface area contributed by atoms with Crippen LogP contribution < -0.4 is 5.73 Å². The van der Waals surface area contributed by atoms with Crippen LogP contribution in [0.2, 0.25) is 0 Å². The smallest absolute Gasteiger partial charge is 0.399 e. The lowest BCUT2D eigenvalue weighted by Gasteiger charge is -2.42. The Morgan fingerprint density at radius 2 is 1.82 bits per heavy atom. The number of carbonyl (C=O) groups is 1. The fraction of sp³-hybridized carbons (Fsp3) is 0.650. The van der Waals surface area contributed by atoms with Crippen molar-refractivity contribution in [1.82, 2.24) is 9.80 Å². The molecule has 158 valence electrons. The fourth-order valence-electron chi connectivity index (χ4n) is 4.53. The highest BCUT2D eigenvalue weighted by Gasteiger charge is 2.37. The van der Waals surface area contributed by atoms with Gasteiger partial charge in [0.1, 0.15) is 0 Å². The molecule has 0 aromatic heterocycles. The summed E-state index contributed by atoms with van der Waals surface area (Å²) in [5.41, 5.74) is 4.74. The fourth-order valence-corrected chi connectivity index (χ4v) is 4.53. The van der Waals surface area contributed by atoms with Gasteiger partial charge in [-0.15, -0.1) is 12.4 Å². The Morgan fingerprint density at radius 1 is 1.18 bits per heavy atom. The monoisotopic (exact) mass is 419 g/mol. The predicted molar refractivity (Wildman–Crippen MR) is 106 cm³/mol. The number of likely N-dealkylation sites (N-methyl/N-ethyl adjacent to an activating group) is 1. The van der Waals surface area contributed by atoms with E-state index in [2.05, 4.69) is 4.90 Å². The molecule has 2 aliphatic rings. The van der Waals surface area contributed by atoms with E-state index in [1.165, 1.54) is 25.0 Å². The summed E-state index contributed by atoms with van der Waals surface area (Å²) >= 11 is 0. The third-order valence-corrected chi connectivity index (χ3v) is 5.98. The molecular weight excluding hydrogens is 391 g/mol. The third-order valence-electron chi connectivity index (χ3n) is 5.98. The van der Waals surface area contributed by atoms with E-state index < -0.39 is 11.7 Å². The van der Waals surface area contributed by atoms with Gasteiger partial charge in [-0.1, -0.05) is 18.9 Å². The first-order valence-electron chi connectivity index (χ1n) is 9.72. The summed E-state index contributed by atoms with van der Waals surface area (Å²) in [6, 6.07) is 4.06. The van der Waals surface area contributed by atoms with Crippen molar-refractivity contribution in [3.05, 3.63) is 29.3 Å². The van der Waals surface area contributed by atoms with Gasteiger partial charge in [0.15, 0.2) is 0 Å². The zero-order valence-electron chi connectivity index (χ0n) is 16.2. The Kier molecular flexibility index (Phi) is 7.62. The van der Waals surface area contributed by atoms with Crippen LogP contribution in [-0.4, -0.2) is 47.9 Å². The van der Waals surface area contributed by atoms with Crippen molar-refractivity contribution < 1.29 is 18.0 Å². The molecule has 3 rings (SSSR count). The van der Waals surface area contributed by atoms with Crippen LogP contribution in [0.3, 0.4) is 0 Å². The average Bonchev–Trinajstić information content (AvgIpc) is 3.16. The van der Waals surface area contributed by atoms with Gasteiger partial charge >= 0.3 is 6.18 Å². The molecule has 1 saturated carbocycles. The number of hydrogen-bond donors (Lipinski definition) is 1. The van der Waals surface area contributed by atoms with Crippen molar-refractivity contribution in [2.24, 2.45) is 0 Å². The molecule has 1 saturated heterocycles. The van der Waals surface area contributed by atoms with Gasteiger partial charge in [-0.05, 0) is 56.5 Å². The third kappa shape index (κ3) is 5.11. The van der Waals surface area contributed by atoms with E-state index in [4.69, 9.17) is 5.73 Å². The van der Waals surface area contributed by atoms with E-state index in [1.807, 2.05) is 0 Å². The second-order valence-corrected chi connectivity index (χ2v) is 7.76. The Hall–Kier alpha value is -1.47. The zero-order valence-corrected chi connectivity index (χ0v) is 17.0. The minimum absolute atomic E-state index is 0. The molecule has 1 aliphatic carbocycles. The van der Waals surface area contributed by atoms with Crippen LogP contribution in [0.25, 0.3) is 0 Å². The number of benzene rings is 1. The molecule has 1 aliphatic heterocycles. The minimum atomic E-state index is -4.52. The topological polar surface area (TPSA) is 49.6 Å². The van der Waals surface area contributed by atoms with Gasteiger partial charge in [-0.25, -0.2) is 0 Å². The molecule has 2 fully saturated rings. The van der Waals surface area contributed by atoms with Crippen molar-refractivity contribution in [2.45, 2.75) is 63.2 Å². The van der Waals surface area contributed by atoms with Crippen molar-refractivity contribution in [1.29, 1.82) is 0 Å². The van der Waals surface area contributed by atoms with Crippen molar-refractivity contribution in [3.8, 4) is 0 Å². The number of amides is 1. The highest BCUT2D eigenvalue weighted by molar-refractivity contribution is 5.85. The van der Waals surface area contributed by atoms with Crippen LogP contribution in [0.15, 0.2) is 18.2 Å². The van der Waals surface area contributed by atoms with Crippen LogP contribution in [0.1, 0.15) is 49.7 Å². The number of halogens is 4. The van der Waals surface area contributed by atoms with E-state index in [9.17, 15) is 18.0 Å². The molecule has 1 aromatic rings. The second kappa shape index (κ2) is 9.35. The maximum atomic E-state index is 13.3. The van der Waals surface area contributed by atoms with Gasteiger partial charge in [0.2, 0.25) is 5.91 Å². The number of rotatable bonds is 4. The number of alkyl halides is 3. The molecule has 4 nitrogen and oxygen atoms in total. The molecule has 0 spiro atoms. The molecule has 1 amide bonds. The predicted octanol–water partition coefficient (Wildman–Crippen LogP) is 4.12. The Balaban J connectivity index is 0.00000280. The van der Waals surface area contributed by atoms with E-state index in [0.29, 0.717) is 6.04 Å². The highest BCUT2D eigenvalue weighted by atomic mass is 35.5. The van der Waals surface area contributed by atoms with Crippen LogP contribution in [0.5, 0.6) is 0 Å². The molecule has 1 aromatic carbocycles. The number of likely N-dealkylation sites (tertiary alicyclic amines) is 1. The first kappa shape index (κ1) is 22.8. The molecule has 28 heavy (non-hydrogen) atoms. The van der Waals surface area contributed by atoms with Crippen LogP contribution in [0, 0.1) is 0 Å². The van der Waals surface area contributed by atoms with E-state index in [0.717, 1.165) is 44.8 Å². The van der Waals surface area contributed by atoms with Crippen molar-refractivity contribution >= 4 is 24.0 Å². The summed E-state index contributed by atoms with van der Waals surface area (Å²) in [6.07, 6.45) is 1.76. The van der Waals surface area contributed by atoms with E-state index >= 15 is 0 Å². The number of carbonyl (C=O) groups excluding carboxylic acids is 1. The summed E-state index contributed by atoms with van der Waals surface area (Å²) < 4.78 is 39.9. The summed E-state index contributed by atoms with van der Waals surface area (Å²) in [5.74, 6) is -0.263. The molecule has 8 heteroatoms. The minimum Gasteiger partial charge on any atom is -0.399 e. The van der Waals surface area contributed by atoms with Crippen LogP contribution >= 0.6 is 12.4 Å². The zero-order chi connectivity index (χ0) is 19.6. The molecular formula is C20H29ClF3N3O. The van der Waals surface area contributed by atoms with Crippen molar-refractivity contribution in [3.63, 3.8) is 0 Å². The Bertz CT molecular complexity index is 677. The van der Waals surface area contributed by atoms with Crippen molar-refractivity contribution in [2.75, 3.05) is 25.9 Å². The standard InChI is InChI=1S/C20H28F3N3O.ClH/c1-25(17-6-2-3-7-18(17)26-10-4-5-11-26)19(27)12-14-8-9-15(24)13-16(14)20(21,22)23;/h8-9,13,17-18H,2-7,10-12,24H2,1H3;1H. The van der Waals surface area contributed by atoms with Gasteiger partial charge in [-0.3, -0.25) is 9.69 Å². The molecule has 0 radical (unpaired) electrons. The van der Waals surface area contributed by atoms with Gasteiger partial charge in [0.05, 0.1) is 12.0 Å². The average molecular weight is 420 g/mol. The molecule has 2 N–H and O–H groups in total. The lowest BCUT2D eigenvalue weighted by atomic mass is 9.88. The van der Waals surface area contributed by atoms with Crippen LogP contribution in [0.4, 0.5) is 18.9 Å². The summed E-state index contributed by atoms with van der Waals surface area (Å²) in [5, 5.41) is 0. The van der Waals surface area contributed by atoms with E-state index in [1.54, 1.807) is 11.9 Å². The Labute approximate surface area is 170 Å². The normalized spacial score (nSPS) is 23.3. The lowest BCUT2D eigenvalue weighted by molar-refractivity contribution is -0.139. The van der Waals surface area contributed by atoms with Gasteiger partial charge in [0.25, 0.3) is 0 Å². The second-order valence-electron chi connectivity index (χ2n) is 7.76. The number of nitrogens with zero attached hydrogens (tertiary/aromatic N) is 2. The number of hydrogen-bond acceptors (Lipinski definition) is 3. The van der Waals surface area contributed by atoms with Crippen LogP contribution in [-0.2, 0) is 17.4 Å². The number of anilines is 1. The first-order chi connectivity index (χ1) is 12.8. The lowest BCUT2D eigenvalue weighted by Crippen LogP contribution is -2.53. The summed E-state index contributed by atoms with van der Waals surface area (Å²) in [6.45, 7) is 2.11. The molecule has 1 heterocycles. The van der Waals surface area contributed by atoms with Gasteiger partial charge in [-0.2, -0.15) is 13.2 Å². The summed E-state index contributed by atoms with van der Waals surface area (Å²) in [4.78, 5) is 17.0. The summed E-state index contributed by atoms with van der Waals surface area (Å²) in [7, 11) is 1.74. The largest absolute Gasteiger partial charge is 0.416 e. The Morgan fingerprint density at radius 3 is 2.46 bits per heavy atom.